The van der Waals surface area contributed by atoms with Crippen molar-refractivity contribution in [2.24, 2.45) is 0 Å². The maximum absolute atomic E-state index is 5.71. The van der Waals surface area contributed by atoms with Crippen LogP contribution in [0.25, 0.3) is 5.65 Å². The highest BCUT2D eigenvalue weighted by Gasteiger charge is 2.14. The van der Waals surface area contributed by atoms with Crippen LogP contribution in [0.5, 0.6) is 0 Å². The van der Waals surface area contributed by atoms with Gasteiger partial charge in [0.05, 0.1) is 6.10 Å². The number of nitrogens with zero attached hydrogens (tertiary/aromatic N) is 4. The van der Waals surface area contributed by atoms with Crippen molar-refractivity contribution in [2.45, 2.75) is 38.7 Å². The fourth-order valence-corrected chi connectivity index (χ4v) is 2.45. The lowest BCUT2D eigenvalue weighted by molar-refractivity contribution is 0.0134. The molecule has 0 aromatic carbocycles. The summed E-state index contributed by atoms with van der Waals surface area (Å²) in [4.78, 5) is 4.33. The predicted octanol–water partition coefficient (Wildman–Crippen LogP) is 1.80. The molecule has 2 aromatic rings. The predicted molar refractivity (Wildman–Crippen MR) is 72.2 cm³/mol. The van der Waals surface area contributed by atoms with E-state index in [9.17, 15) is 0 Å². The van der Waals surface area contributed by atoms with E-state index in [2.05, 4.69) is 20.5 Å². The molecular formula is C13H19N5O. The van der Waals surface area contributed by atoms with Crippen molar-refractivity contribution >= 4 is 11.5 Å². The van der Waals surface area contributed by atoms with Gasteiger partial charge in [0, 0.05) is 25.5 Å². The van der Waals surface area contributed by atoms with Crippen LogP contribution in [0.15, 0.2) is 12.4 Å². The lowest BCUT2D eigenvalue weighted by Crippen LogP contribution is -2.22. The molecule has 1 atom stereocenters. The second-order valence-corrected chi connectivity index (χ2v) is 4.92. The summed E-state index contributed by atoms with van der Waals surface area (Å²) in [5.41, 5.74) is 0.782. The van der Waals surface area contributed by atoms with E-state index in [1.165, 1.54) is 19.3 Å². The van der Waals surface area contributed by atoms with Crippen molar-refractivity contribution in [1.82, 2.24) is 19.6 Å². The number of aromatic nitrogens is 4. The van der Waals surface area contributed by atoms with Gasteiger partial charge in [0.2, 0.25) is 5.65 Å². The van der Waals surface area contributed by atoms with Gasteiger partial charge < -0.3 is 10.1 Å². The average Bonchev–Trinajstić information content (AvgIpc) is 2.83. The van der Waals surface area contributed by atoms with Crippen molar-refractivity contribution in [3.63, 3.8) is 0 Å². The van der Waals surface area contributed by atoms with E-state index in [1.54, 1.807) is 6.20 Å². The molecule has 1 saturated heterocycles. The molecule has 0 amide bonds. The molecule has 102 valence electrons. The SMILES string of the molecule is Cc1nnc2c(NCCC3CCCCO3)nccn12. The van der Waals surface area contributed by atoms with Crippen LogP contribution in [0, 0.1) is 6.92 Å². The summed E-state index contributed by atoms with van der Waals surface area (Å²) in [5.74, 6) is 1.66. The molecule has 6 heteroatoms. The molecule has 0 aliphatic carbocycles. The van der Waals surface area contributed by atoms with Crippen LogP contribution in [0.2, 0.25) is 0 Å². The van der Waals surface area contributed by atoms with Crippen molar-refractivity contribution in [3.05, 3.63) is 18.2 Å². The van der Waals surface area contributed by atoms with E-state index in [0.29, 0.717) is 6.10 Å². The summed E-state index contributed by atoms with van der Waals surface area (Å²) in [6.07, 6.45) is 8.69. The summed E-state index contributed by atoms with van der Waals surface area (Å²) in [6, 6.07) is 0. The summed E-state index contributed by atoms with van der Waals surface area (Å²) in [5, 5.41) is 11.5. The number of ether oxygens (including phenoxy) is 1. The Labute approximate surface area is 112 Å². The molecule has 1 aliphatic rings. The first-order chi connectivity index (χ1) is 9.34. The van der Waals surface area contributed by atoms with E-state index in [4.69, 9.17) is 4.74 Å². The van der Waals surface area contributed by atoms with Crippen molar-refractivity contribution in [3.8, 4) is 0 Å². The highest BCUT2D eigenvalue weighted by molar-refractivity contribution is 5.61. The normalized spacial score (nSPS) is 19.7. The van der Waals surface area contributed by atoms with Crippen LogP contribution >= 0.6 is 0 Å². The van der Waals surface area contributed by atoms with Crippen LogP contribution in [-0.2, 0) is 4.74 Å². The molecule has 0 radical (unpaired) electrons. The Balaban J connectivity index is 1.62. The Morgan fingerprint density at radius 2 is 2.37 bits per heavy atom. The van der Waals surface area contributed by atoms with Crippen molar-refractivity contribution in [2.75, 3.05) is 18.5 Å². The minimum Gasteiger partial charge on any atom is -0.378 e. The van der Waals surface area contributed by atoms with Gasteiger partial charge in [-0.2, -0.15) is 0 Å². The molecule has 1 fully saturated rings. The molecule has 3 heterocycles. The lowest BCUT2D eigenvalue weighted by atomic mass is 10.1. The number of anilines is 1. The minimum absolute atomic E-state index is 0.389. The Morgan fingerprint density at radius 1 is 1.42 bits per heavy atom. The lowest BCUT2D eigenvalue weighted by Gasteiger charge is -2.22. The third-order valence-corrected chi connectivity index (χ3v) is 3.53. The molecule has 1 aliphatic heterocycles. The van der Waals surface area contributed by atoms with Gasteiger partial charge in [0.1, 0.15) is 5.82 Å². The van der Waals surface area contributed by atoms with Gasteiger partial charge in [-0.15, -0.1) is 10.2 Å². The topological polar surface area (TPSA) is 64.3 Å². The molecule has 1 N–H and O–H groups in total. The van der Waals surface area contributed by atoms with Crippen LogP contribution in [0.4, 0.5) is 5.82 Å². The van der Waals surface area contributed by atoms with Crippen molar-refractivity contribution in [1.29, 1.82) is 0 Å². The zero-order valence-electron chi connectivity index (χ0n) is 11.2. The van der Waals surface area contributed by atoms with Gasteiger partial charge in [-0.3, -0.25) is 4.40 Å². The Hall–Kier alpha value is -1.69. The smallest absolute Gasteiger partial charge is 0.203 e. The van der Waals surface area contributed by atoms with Gasteiger partial charge in [0.15, 0.2) is 5.82 Å². The van der Waals surface area contributed by atoms with E-state index < -0.39 is 0 Å². The molecule has 1 unspecified atom stereocenters. The van der Waals surface area contributed by atoms with Crippen LogP contribution in [0.1, 0.15) is 31.5 Å². The van der Waals surface area contributed by atoms with Gasteiger partial charge in [-0.05, 0) is 32.6 Å². The molecular weight excluding hydrogens is 242 g/mol. The summed E-state index contributed by atoms with van der Waals surface area (Å²) in [6.45, 7) is 3.69. The first-order valence-electron chi connectivity index (χ1n) is 6.86. The zero-order chi connectivity index (χ0) is 13.1. The van der Waals surface area contributed by atoms with Crippen LogP contribution in [-0.4, -0.2) is 38.8 Å². The number of hydrogen-bond donors (Lipinski definition) is 1. The molecule has 2 aromatic heterocycles. The van der Waals surface area contributed by atoms with Gasteiger partial charge in [-0.25, -0.2) is 4.98 Å². The Bertz CT molecular complexity index is 547. The quantitative estimate of drug-likeness (QED) is 0.909. The maximum Gasteiger partial charge on any atom is 0.203 e. The van der Waals surface area contributed by atoms with E-state index in [-0.39, 0.29) is 0 Å². The fourth-order valence-electron chi connectivity index (χ4n) is 2.45. The highest BCUT2D eigenvalue weighted by Crippen LogP contribution is 2.16. The molecule has 0 spiro atoms. The molecule has 0 saturated carbocycles. The first kappa shape index (κ1) is 12.3. The third-order valence-electron chi connectivity index (χ3n) is 3.53. The highest BCUT2D eigenvalue weighted by atomic mass is 16.5. The zero-order valence-corrected chi connectivity index (χ0v) is 11.2. The molecule has 0 bridgehead atoms. The second kappa shape index (κ2) is 5.52. The number of fused-ring (bicyclic) bond motifs is 1. The van der Waals surface area contributed by atoms with E-state index >= 15 is 0 Å². The van der Waals surface area contributed by atoms with E-state index in [0.717, 1.165) is 36.9 Å². The summed E-state index contributed by atoms with van der Waals surface area (Å²) < 4.78 is 7.65. The largest absolute Gasteiger partial charge is 0.378 e. The second-order valence-electron chi connectivity index (χ2n) is 4.92. The number of hydrogen-bond acceptors (Lipinski definition) is 5. The van der Waals surface area contributed by atoms with E-state index in [1.807, 2.05) is 17.5 Å². The first-order valence-corrected chi connectivity index (χ1v) is 6.86. The standard InChI is InChI=1S/C13H19N5O/c1-10-16-17-13-12(15-7-8-18(10)13)14-6-5-11-4-2-3-9-19-11/h7-8,11H,2-6,9H2,1H3,(H,14,15). The van der Waals surface area contributed by atoms with Crippen LogP contribution in [0.3, 0.4) is 0 Å². The van der Waals surface area contributed by atoms with Gasteiger partial charge in [0.25, 0.3) is 0 Å². The van der Waals surface area contributed by atoms with Crippen molar-refractivity contribution < 1.29 is 4.74 Å². The number of rotatable bonds is 4. The van der Waals surface area contributed by atoms with Crippen LogP contribution < -0.4 is 5.32 Å². The average molecular weight is 261 g/mol. The number of nitrogens with one attached hydrogen (secondary N) is 1. The molecule has 19 heavy (non-hydrogen) atoms. The maximum atomic E-state index is 5.71. The Morgan fingerprint density at radius 3 is 3.21 bits per heavy atom. The van der Waals surface area contributed by atoms with Gasteiger partial charge in [-0.1, -0.05) is 0 Å². The fraction of sp³-hybridized carbons (Fsp3) is 0.615. The molecule has 3 rings (SSSR count). The number of aryl methyl sites for hydroxylation is 1. The minimum atomic E-state index is 0.389. The summed E-state index contributed by atoms with van der Waals surface area (Å²) in [7, 11) is 0. The Kier molecular flexibility index (Phi) is 3.59. The third kappa shape index (κ3) is 2.68. The summed E-state index contributed by atoms with van der Waals surface area (Å²) >= 11 is 0. The van der Waals surface area contributed by atoms with Gasteiger partial charge >= 0.3 is 0 Å². The molecule has 6 nitrogen and oxygen atoms in total. The monoisotopic (exact) mass is 261 g/mol.